The van der Waals surface area contributed by atoms with Crippen molar-refractivity contribution in [3.63, 3.8) is 0 Å². The maximum Gasteiger partial charge on any atom is 0.307 e. The smallest absolute Gasteiger partial charge is 0.307 e. The van der Waals surface area contributed by atoms with Crippen LogP contribution in [0.25, 0.3) is 0 Å². The molecule has 0 saturated heterocycles. The molecule has 0 unspecified atom stereocenters. The van der Waals surface area contributed by atoms with Gasteiger partial charge in [0.1, 0.15) is 5.78 Å². The van der Waals surface area contributed by atoms with Crippen LogP contribution in [0.3, 0.4) is 0 Å². The van der Waals surface area contributed by atoms with Gasteiger partial charge in [0.15, 0.2) is 0 Å². The molecule has 1 aromatic rings. The molecule has 0 bridgehead atoms. The highest BCUT2D eigenvalue weighted by molar-refractivity contribution is 5.79. The Bertz CT molecular complexity index is 484. The number of rotatable bonds is 6. The van der Waals surface area contributed by atoms with Crippen molar-refractivity contribution in [2.45, 2.75) is 59.3 Å². The summed E-state index contributed by atoms with van der Waals surface area (Å²) in [6.45, 7) is 9.90. The lowest BCUT2D eigenvalue weighted by molar-refractivity contribution is -0.136. The SMILES string of the molecule is CC(=O)Cc1c(C(C)C)cc(CC(=O)O)cc1C(C)C. The van der Waals surface area contributed by atoms with Gasteiger partial charge >= 0.3 is 5.97 Å². The Balaban J connectivity index is 3.45. The average molecular weight is 276 g/mol. The molecule has 0 spiro atoms. The minimum absolute atomic E-state index is 0.0276. The van der Waals surface area contributed by atoms with Crippen LogP contribution >= 0.6 is 0 Å². The largest absolute Gasteiger partial charge is 0.481 e. The minimum Gasteiger partial charge on any atom is -0.481 e. The second-order valence-electron chi connectivity index (χ2n) is 6.01. The average Bonchev–Trinajstić information content (AvgIpc) is 2.28. The van der Waals surface area contributed by atoms with Gasteiger partial charge in [-0.2, -0.15) is 0 Å². The van der Waals surface area contributed by atoms with Crippen LogP contribution in [0.2, 0.25) is 0 Å². The van der Waals surface area contributed by atoms with Crippen molar-refractivity contribution in [2.75, 3.05) is 0 Å². The fraction of sp³-hybridized carbons (Fsp3) is 0.529. The van der Waals surface area contributed by atoms with E-state index in [9.17, 15) is 9.59 Å². The summed E-state index contributed by atoms with van der Waals surface area (Å²) >= 11 is 0. The van der Waals surface area contributed by atoms with E-state index in [4.69, 9.17) is 5.11 Å². The number of carbonyl (C=O) groups excluding carboxylic acids is 1. The predicted molar refractivity (Wildman–Crippen MR) is 80.3 cm³/mol. The van der Waals surface area contributed by atoms with Gasteiger partial charge in [0.2, 0.25) is 0 Å². The fourth-order valence-corrected chi connectivity index (χ4v) is 2.54. The van der Waals surface area contributed by atoms with Crippen LogP contribution in [0, 0.1) is 0 Å². The van der Waals surface area contributed by atoms with Crippen molar-refractivity contribution in [3.05, 3.63) is 34.4 Å². The Labute approximate surface area is 121 Å². The molecule has 0 aliphatic rings. The Morgan fingerprint density at radius 2 is 1.45 bits per heavy atom. The second kappa shape index (κ2) is 6.69. The highest BCUT2D eigenvalue weighted by Gasteiger charge is 2.17. The molecular weight excluding hydrogens is 252 g/mol. The fourth-order valence-electron chi connectivity index (χ4n) is 2.54. The van der Waals surface area contributed by atoms with Crippen molar-refractivity contribution in [1.82, 2.24) is 0 Å². The monoisotopic (exact) mass is 276 g/mol. The number of carboxylic acid groups (broad SMARTS) is 1. The summed E-state index contributed by atoms with van der Waals surface area (Å²) in [7, 11) is 0. The Morgan fingerprint density at radius 3 is 1.75 bits per heavy atom. The number of aliphatic carboxylic acids is 1. The van der Waals surface area contributed by atoms with Crippen LogP contribution < -0.4 is 0 Å². The first-order valence-corrected chi connectivity index (χ1v) is 7.09. The maximum atomic E-state index is 11.5. The van der Waals surface area contributed by atoms with Crippen molar-refractivity contribution in [1.29, 1.82) is 0 Å². The van der Waals surface area contributed by atoms with Crippen LogP contribution in [0.4, 0.5) is 0 Å². The van der Waals surface area contributed by atoms with Crippen LogP contribution in [-0.2, 0) is 22.4 Å². The number of hydrogen-bond donors (Lipinski definition) is 1. The molecule has 0 saturated carbocycles. The van der Waals surface area contributed by atoms with Gasteiger partial charge in [0.25, 0.3) is 0 Å². The van der Waals surface area contributed by atoms with Crippen molar-refractivity contribution in [2.24, 2.45) is 0 Å². The lowest BCUT2D eigenvalue weighted by atomic mass is 9.84. The van der Waals surface area contributed by atoms with Crippen LogP contribution in [-0.4, -0.2) is 16.9 Å². The zero-order valence-corrected chi connectivity index (χ0v) is 13.0. The summed E-state index contributed by atoms with van der Waals surface area (Å²) in [6, 6.07) is 3.89. The van der Waals surface area contributed by atoms with Gasteiger partial charge in [-0.3, -0.25) is 9.59 Å². The van der Waals surface area contributed by atoms with Gasteiger partial charge in [0.05, 0.1) is 6.42 Å². The summed E-state index contributed by atoms with van der Waals surface area (Å²) in [5, 5.41) is 8.99. The minimum atomic E-state index is -0.825. The second-order valence-corrected chi connectivity index (χ2v) is 6.01. The molecule has 0 aliphatic heterocycles. The molecule has 110 valence electrons. The molecule has 0 atom stereocenters. The van der Waals surface area contributed by atoms with Crippen LogP contribution in [0.15, 0.2) is 12.1 Å². The Kier molecular flexibility index (Phi) is 5.49. The number of carbonyl (C=O) groups is 2. The summed E-state index contributed by atoms with van der Waals surface area (Å²) in [5.74, 6) is -0.139. The molecule has 1 aromatic carbocycles. The lowest BCUT2D eigenvalue weighted by Crippen LogP contribution is -2.11. The molecule has 1 rings (SSSR count). The zero-order valence-electron chi connectivity index (χ0n) is 13.0. The van der Waals surface area contributed by atoms with Crippen molar-refractivity contribution in [3.8, 4) is 0 Å². The molecule has 0 aliphatic carbocycles. The van der Waals surface area contributed by atoms with Gasteiger partial charge in [0, 0.05) is 6.42 Å². The number of Topliss-reactive ketones (excluding diaryl/α,β-unsaturated/α-hetero) is 1. The number of ketones is 1. The lowest BCUT2D eigenvalue weighted by Gasteiger charge is -2.20. The number of hydrogen-bond acceptors (Lipinski definition) is 2. The van der Waals surface area contributed by atoms with Gasteiger partial charge in [-0.15, -0.1) is 0 Å². The third-order valence-corrected chi connectivity index (χ3v) is 3.40. The van der Waals surface area contributed by atoms with E-state index in [2.05, 4.69) is 27.7 Å². The van der Waals surface area contributed by atoms with Gasteiger partial charge in [-0.05, 0) is 41.0 Å². The normalized spacial score (nSPS) is 11.2. The highest BCUT2D eigenvalue weighted by atomic mass is 16.4. The summed E-state index contributed by atoms with van der Waals surface area (Å²) in [5.41, 5.74) is 4.10. The first kappa shape index (κ1) is 16.4. The first-order chi connectivity index (χ1) is 9.22. The maximum absolute atomic E-state index is 11.5. The van der Waals surface area contributed by atoms with E-state index in [0.29, 0.717) is 6.42 Å². The molecule has 0 amide bonds. The third kappa shape index (κ3) is 4.19. The summed E-state index contributed by atoms with van der Waals surface area (Å²) in [6.07, 6.45) is 0.453. The van der Waals surface area contributed by atoms with E-state index in [1.807, 2.05) is 12.1 Å². The molecular formula is C17H24O3. The third-order valence-electron chi connectivity index (χ3n) is 3.40. The van der Waals surface area contributed by atoms with Gasteiger partial charge < -0.3 is 5.11 Å². The molecule has 20 heavy (non-hydrogen) atoms. The molecule has 0 fully saturated rings. The molecule has 3 nitrogen and oxygen atoms in total. The van der Waals surface area contributed by atoms with E-state index in [1.165, 1.54) is 0 Å². The van der Waals surface area contributed by atoms with E-state index < -0.39 is 5.97 Å². The van der Waals surface area contributed by atoms with E-state index >= 15 is 0 Å². The molecule has 3 heteroatoms. The van der Waals surface area contributed by atoms with Crippen LogP contribution in [0.5, 0.6) is 0 Å². The van der Waals surface area contributed by atoms with E-state index in [-0.39, 0.29) is 24.0 Å². The number of benzene rings is 1. The molecule has 0 radical (unpaired) electrons. The number of carboxylic acids is 1. The van der Waals surface area contributed by atoms with Crippen LogP contribution in [0.1, 0.15) is 68.7 Å². The Morgan fingerprint density at radius 1 is 1.00 bits per heavy atom. The van der Waals surface area contributed by atoms with Crippen molar-refractivity contribution >= 4 is 11.8 Å². The predicted octanol–water partition coefficient (Wildman–Crippen LogP) is 3.69. The van der Waals surface area contributed by atoms with Gasteiger partial charge in [-0.25, -0.2) is 0 Å². The molecule has 0 aromatic heterocycles. The first-order valence-electron chi connectivity index (χ1n) is 7.09. The molecule has 0 heterocycles. The highest BCUT2D eigenvalue weighted by Crippen LogP contribution is 2.30. The van der Waals surface area contributed by atoms with Gasteiger partial charge in [-0.1, -0.05) is 39.8 Å². The van der Waals surface area contributed by atoms with Crippen molar-refractivity contribution < 1.29 is 14.7 Å². The summed E-state index contributed by atoms with van der Waals surface area (Å²) in [4.78, 5) is 22.5. The molecule has 1 N–H and O–H groups in total. The zero-order chi connectivity index (χ0) is 15.4. The van der Waals surface area contributed by atoms with E-state index in [0.717, 1.165) is 22.3 Å². The standard InChI is InChI=1S/C17H24O3/c1-10(2)14-7-13(9-17(19)20)8-15(11(3)4)16(14)6-12(5)18/h7-8,10-11H,6,9H2,1-5H3,(H,19,20). The quantitative estimate of drug-likeness (QED) is 0.862. The van der Waals surface area contributed by atoms with E-state index in [1.54, 1.807) is 6.92 Å². The topological polar surface area (TPSA) is 54.4 Å². The Hall–Kier alpha value is -1.64. The summed E-state index contributed by atoms with van der Waals surface area (Å²) < 4.78 is 0.